The van der Waals surface area contributed by atoms with E-state index in [1.807, 2.05) is 6.20 Å². The Morgan fingerprint density at radius 1 is 0.509 bits per heavy atom. The van der Waals surface area contributed by atoms with Gasteiger partial charge in [-0.3, -0.25) is 4.57 Å². The molecule has 3 aromatic heterocycles. The zero-order valence-electron chi connectivity index (χ0n) is 30.8. The molecule has 0 aliphatic carbocycles. The monoisotopic (exact) mass is 723 g/mol. The molecule has 4 nitrogen and oxygen atoms in total. The Morgan fingerprint density at radius 2 is 1.15 bits per heavy atom. The maximum absolute atomic E-state index is 5.05. The van der Waals surface area contributed by atoms with E-state index in [2.05, 4.69) is 222 Å². The molecule has 0 atom stereocenters. The summed E-state index contributed by atoms with van der Waals surface area (Å²) >= 11 is 0. The van der Waals surface area contributed by atoms with Gasteiger partial charge in [0.25, 0.3) is 0 Å². The first-order valence-electron chi connectivity index (χ1n) is 18.8. The highest BCUT2D eigenvalue weighted by atomic mass is 28.3. The fourth-order valence-electron chi connectivity index (χ4n) is 8.79. The Labute approximate surface area is 321 Å². The van der Waals surface area contributed by atoms with Crippen molar-refractivity contribution < 1.29 is 4.57 Å². The number of aromatic nitrogens is 4. The lowest BCUT2D eigenvalue weighted by Crippen LogP contribution is -2.74. The summed E-state index contributed by atoms with van der Waals surface area (Å²) in [5, 5.41) is 7.74. The van der Waals surface area contributed by atoms with Crippen LogP contribution in [0.1, 0.15) is 5.56 Å². The van der Waals surface area contributed by atoms with Crippen LogP contribution in [-0.2, 0) is 7.05 Å². The average molecular weight is 724 g/mol. The van der Waals surface area contributed by atoms with Gasteiger partial charge in [-0.05, 0) is 92.9 Å². The zero-order chi connectivity index (χ0) is 36.9. The second kappa shape index (κ2) is 13.2. The SMILES string of the molecule is Cc1ccccc1-c1ccnc(-n2c3ccccc3c3ccc([Si](c4ccccc4)(c4ccccc4)c4cccc(-n5c[n+](C)c6ccccc65)c4)cc32)c1. The van der Waals surface area contributed by atoms with E-state index >= 15 is 0 Å². The van der Waals surface area contributed by atoms with Crippen molar-refractivity contribution in [2.75, 3.05) is 0 Å². The summed E-state index contributed by atoms with van der Waals surface area (Å²) in [6.45, 7) is 2.17. The fraction of sp³-hybridized carbons (Fsp3) is 0.0400. The third-order valence-corrected chi connectivity index (χ3v) is 16.1. The number of fused-ring (bicyclic) bond motifs is 4. The number of nitrogens with zero attached hydrogens (tertiary/aromatic N) is 4. The summed E-state index contributed by atoms with van der Waals surface area (Å²) in [7, 11) is -0.819. The molecular formula is C50H39N4Si+. The van der Waals surface area contributed by atoms with E-state index in [0.29, 0.717) is 0 Å². The number of benzene rings is 7. The highest BCUT2D eigenvalue weighted by molar-refractivity contribution is 7.20. The van der Waals surface area contributed by atoms with Gasteiger partial charge in [0, 0.05) is 17.0 Å². The molecule has 0 radical (unpaired) electrons. The molecule has 0 unspecified atom stereocenters. The summed E-state index contributed by atoms with van der Waals surface area (Å²) in [6.07, 6.45) is 4.14. The van der Waals surface area contributed by atoms with Gasteiger partial charge in [0.2, 0.25) is 6.33 Å². The summed E-state index contributed by atoms with van der Waals surface area (Å²) in [4.78, 5) is 5.05. The third-order valence-electron chi connectivity index (χ3n) is 11.3. The van der Waals surface area contributed by atoms with Crippen molar-refractivity contribution in [2.45, 2.75) is 6.92 Å². The van der Waals surface area contributed by atoms with E-state index in [1.165, 1.54) is 53.7 Å². The van der Waals surface area contributed by atoms with Crippen molar-refractivity contribution in [3.8, 4) is 22.6 Å². The first-order chi connectivity index (χ1) is 27.1. The Hall–Kier alpha value is -6.82. The first kappa shape index (κ1) is 32.8. The Morgan fingerprint density at radius 3 is 1.93 bits per heavy atom. The molecule has 262 valence electrons. The molecule has 10 aromatic rings. The Balaban J connectivity index is 1.27. The minimum Gasteiger partial charge on any atom is -0.294 e. The van der Waals surface area contributed by atoms with E-state index in [4.69, 9.17) is 4.98 Å². The van der Waals surface area contributed by atoms with Gasteiger partial charge in [-0.15, -0.1) is 0 Å². The normalized spacial score (nSPS) is 11.8. The molecule has 0 spiro atoms. The van der Waals surface area contributed by atoms with E-state index in [1.54, 1.807) is 0 Å². The van der Waals surface area contributed by atoms with E-state index in [9.17, 15) is 0 Å². The number of aryl methyl sites for hydroxylation is 2. The van der Waals surface area contributed by atoms with Crippen LogP contribution in [0, 0.1) is 6.92 Å². The van der Waals surface area contributed by atoms with Gasteiger partial charge in [-0.1, -0.05) is 140 Å². The van der Waals surface area contributed by atoms with Crippen LogP contribution in [0.2, 0.25) is 0 Å². The summed E-state index contributed by atoms with van der Waals surface area (Å²) in [6, 6.07) is 69.2. The Bertz CT molecular complexity index is 2980. The lowest BCUT2D eigenvalue weighted by Gasteiger charge is -2.34. The van der Waals surface area contributed by atoms with Crippen molar-refractivity contribution in [3.05, 3.63) is 206 Å². The molecule has 0 N–H and O–H groups in total. The zero-order valence-corrected chi connectivity index (χ0v) is 31.8. The lowest BCUT2D eigenvalue weighted by atomic mass is 10.0. The van der Waals surface area contributed by atoms with E-state index in [0.717, 1.165) is 28.1 Å². The molecular weight excluding hydrogens is 685 g/mol. The van der Waals surface area contributed by atoms with Gasteiger partial charge >= 0.3 is 0 Å². The van der Waals surface area contributed by atoms with Crippen molar-refractivity contribution in [2.24, 2.45) is 7.05 Å². The predicted molar refractivity (Wildman–Crippen MR) is 230 cm³/mol. The van der Waals surface area contributed by atoms with E-state index in [-0.39, 0.29) is 0 Å². The molecule has 5 heteroatoms. The number of hydrogen-bond donors (Lipinski definition) is 0. The molecule has 55 heavy (non-hydrogen) atoms. The van der Waals surface area contributed by atoms with Crippen LogP contribution in [0.25, 0.3) is 55.5 Å². The quantitative estimate of drug-likeness (QED) is 0.0924. The molecule has 0 fully saturated rings. The Kier molecular flexibility index (Phi) is 7.89. The van der Waals surface area contributed by atoms with Crippen LogP contribution in [0.3, 0.4) is 0 Å². The third kappa shape index (κ3) is 5.27. The fourth-order valence-corrected chi connectivity index (χ4v) is 13.6. The lowest BCUT2D eigenvalue weighted by molar-refractivity contribution is -0.645. The first-order valence-corrected chi connectivity index (χ1v) is 20.8. The highest BCUT2D eigenvalue weighted by Gasteiger charge is 2.42. The highest BCUT2D eigenvalue weighted by Crippen LogP contribution is 2.33. The summed E-state index contributed by atoms with van der Waals surface area (Å²) in [5.41, 5.74) is 9.43. The number of imidazole rings is 1. The molecule has 3 heterocycles. The van der Waals surface area contributed by atoms with Gasteiger partial charge < -0.3 is 0 Å². The molecule has 7 aromatic carbocycles. The molecule has 0 saturated heterocycles. The van der Waals surface area contributed by atoms with Gasteiger partial charge in [-0.2, -0.15) is 4.57 Å². The van der Waals surface area contributed by atoms with Crippen molar-refractivity contribution in [1.29, 1.82) is 0 Å². The number of rotatable bonds is 7. The molecule has 0 saturated carbocycles. The van der Waals surface area contributed by atoms with Gasteiger partial charge in [0.05, 0.1) is 18.1 Å². The van der Waals surface area contributed by atoms with Crippen LogP contribution in [0.15, 0.2) is 201 Å². The van der Waals surface area contributed by atoms with Crippen LogP contribution < -0.4 is 25.3 Å². The summed E-state index contributed by atoms with van der Waals surface area (Å²) < 4.78 is 6.89. The van der Waals surface area contributed by atoms with Crippen LogP contribution in [-0.4, -0.2) is 22.2 Å². The van der Waals surface area contributed by atoms with Gasteiger partial charge in [0.1, 0.15) is 11.5 Å². The number of pyridine rings is 1. The largest absolute Gasteiger partial charge is 0.294 e. The number of para-hydroxylation sites is 3. The minimum absolute atomic E-state index is 0.908. The number of hydrogen-bond acceptors (Lipinski definition) is 1. The van der Waals surface area contributed by atoms with Crippen molar-refractivity contribution >= 4 is 61.7 Å². The maximum atomic E-state index is 5.05. The summed E-state index contributed by atoms with van der Waals surface area (Å²) in [5.74, 6) is 0.908. The van der Waals surface area contributed by atoms with Crippen LogP contribution in [0.4, 0.5) is 0 Å². The molecule has 0 bridgehead atoms. The maximum Gasteiger partial charge on any atom is 0.249 e. The van der Waals surface area contributed by atoms with Crippen LogP contribution >= 0.6 is 0 Å². The van der Waals surface area contributed by atoms with Gasteiger partial charge in [0.15, 0.2) is 19.1 Å². The molecule has 0 aliphatic heterocycles. The van der Waals surface area contributed by atoms with E-state index < -0.39 is 8.07 Å². The van der Waals surface area contributed by atoms with Gasteiger partial charge in [-0.25, -0.2) is 9.55 Å². The smallest absolute Gasteiger partial charge is 0.249 e. The van der Waals surface area contributed by atoms with Crippen molar-refractivity contribution in [3.63, 3.8) is 0 Å². The topological polar surface area (TPSA) is 26.6 Å². The molecule has 0 amide bonds. The standard InChI is InChI=1S/C50H39N4Si/c1-36-16-9-10-23-43(36)37-30-31-51-50(32-37)54-46-25-12-11-24-44(46)45-29-28-42(34-49(45)54)55(39-18-5-3-6-19-39,40-20-7-4-8-21-40)41-22-15-17-38(33-41)53-35-52(2)47-26-13-14-27-48(47)53/h3-35H,1-2H3/q+1. The second-order valence-electron chi connectivity index (χ2n) is 14.4. The molecule has 0 aliphatic rings. The average Bonchev–Trinajstić information content (AvgIpc) is 3.76. The minimum atomic E-state index is -2.94. The van der Waals surface area contributed by atoms with Crippen LogP contribution in [0.5, 0.6) is 0 Å². The second-order valence-corrected chi connectivity index (χ2v) is 18.2. The van der Waals surface area contributed by atoms with Crippen molar-refractivity contribution in [1.82, 2.24) is 14.1 Å². The predicted octanol–water partition coefficient (Wildman–Crippen LogP) is 8.30. The molecule has 10 rings (SSSR count).